The number of carbonyl (C=O) groups excluding carboxylic acids is 1. The van der Waals surface area contributed by atoms with E-state index in [1.54, 1.807) is 4.90 Å². The van der Waals surface area contributed by atoms with Crippen molar-refractivity contribution in [3.8, 4) is 0 Å². The molecular formula is C10H22N2O. The Morgan fingerprint density at radius 1 is 1.31 bits per heavy atom. The van der Waals surface area contributed by atoms with Crippen molar-refractivity contribution < 1.29 is 4.79 Å². The maximum atomic E-state index is 11.1. The number of urea groups is 1. The lowest BCUT2D eigenvalue weighted by Gasteiger charge is -2.30. The highest BCUT2D eigenvalue weighted by molar-refractivity contribution is 5.72. The Morgan fingerprint density at radius 2 is 1.77 bits per heavy atom. The first-order valence-corrected chi connectivity index (χ1v) is 5.08. The van der Waals surface area contributed by atoms with Gasteiger partial charge in [0, 0.05) is 12.6 Å². The zero-order valence-corrected chi connectivity index (χ0v) is 9.21. The number of primary amides is 1. The van der Waals surface area contributed by atoms with E-state index in [9.17, 15) is 4.79 Å². The van der Waals surface area contributed by atoms with Gasteiger partial charge in [-0.05, 0) is 18.8 Å². The molecular weight excluding hydrogens is 164 g/mol. The van der Waals surface area contributed by atoms with Gasteiger partial charge in [-0.25, -0.2) is 4.79 Å². The minimum absolute atomic E-state index is 0.289. The summed E-state index contributed by atoms with van der Waals surface area (Å²) in [6, 6.07) is 0.0160. The second-order valence-electron chi connectivity index (χ2n) is 3.85. The monoisotopic (exact) mass is 186 g/mol. The van der Waals surface area contributed by atoms with Gasteiger partial charge in [-0.1, -0.05) is 27.7 Å². The number of carbonyl (C=O) groups is 1. The fraction of sp³-hybridized carbons (Fsp3) is 0.900. The molecule has 0 unspecified atom stereocenters. The van der Waals surface area contributed by atoms with Gasteiger partial charge in [0.05, 0.1) is 0 Å². The summed E-state index contributed by atoms with van der Waals surface area (Å²) in [6.07, 6.45) is 1.96. The number of hydrogen-bond donors (Lipinski definition) is 1. The van der Waals surface area contributed by atoms with E-state index in [1.807, 2.05) is 0 Å². The number of amides is 2. The highest BCUT2D eigenvalue weighted by Crippen LogP contribution is 2.10. The number of nitrogens with two attached hydrogens (primary N) is 1. The molecule has 0 atom stereocenters. The lowest BCUT2D eigenvalue weighted by molar-refractivity contribution is 0.169. The fourth-order valence-corrected chi connectivity index (χ4v) is 1.54. The highest BCUT2D eigenvalue weighted by Gasteiger charge is 2.18. The predicted molar refractivity (Wildman–Crippen MR) is 55.5 cm³/mol. The predicted octanol–water partition coefficient (Wildman–Crippen LogP) is 2.21. The smallest absolute Gasteiger partial charge is 0.315 e. The van der Waals surface area contributed by atoms with Crippen LogP contribution >= 0.6 is 0 Å². The average Bonchev–Trinajstić information content (AvgIpc) is 2.04. The van der Waals surface area contributed by atoms with Crippen LogP contribution in [-0.2, 0) is 0 Å². The zero-order chi connectivity index (χ0) is 10.4. The Labute approximate surface area is 81.3 Å². The molecule has 0 aliphatic heterocycles. The van der Waals surface area contributed by atoms with Crippen LogP contribution in [0.1, 0.15) is 40.5 Å². The molecule has 0 aromatic heterocycles. The van der Waals surface area contributed by atoms with E-state index in [2.05, 4.69) is 27.7 Å². The number of nitrogens with zero attached hydrogens (tertiary/aromatic N) is 1. The van der Waals surface area contributed by atoms with Gasteiger partial charge >= 0.3 is 6.03 Å². The summed E-state index contributed by atoms with van der Waals surface area (Å²) >= 11 is 0. The molecule has 0 spiro atoms. The summed E-state index contributed by atoms with van der Waals surface area (Å²) in [7, 11) is 0. The molecule has 0 aromatic carbocycles. The normalized spacial score (nSPS) is 10.9. The molecule has 13 heavy (non-hydrogen) atoms. The Bertz CT molecular complexity index is 153. The van der Waals surface area contributed by atoms with Crippen LogP contribution in [0.2, 0.25) is 0 Å². The lowest BCUT2D eigenvalue weighted by Crippen LogP contribution is -2.45. The van der Waals surface area contributed by atoms with Crippen molar-refractivity contribution in [3.63, 3.8) is 0 Å². The number of rotatable bonds is 5. The second kappa shape index (κ2) is 5.84. The van der Waals surface area contributed by atoms with Gasteiger partial charge in [0.25, 0.3) is 0 Å². The van der Waals surface area contributed by atoms with Crippen LogP contribution in [-0.4, -0.2) is 23.5 Å². The molecule has 0 aromatic rings. The lowest BCUT2D eigenvalue weighted by atomic mass is 10.1. The second-order valence-corrected chi connectivity index (χ2v) is 3.85. The molecule has 3 heteroatoms. The van der Waals surface area contributed by atoms with Gasteiger partial charge < -0.3 is 10.6 Å². The zero-order valence-electron chi connectivity index (χ0n) is 9.21. The molecule has 0 heterocycles. The van der Waals surface area contributed by atoms with Crippen molar-refractivity contribution in [2.45, 2.75) is 46.6 Å². The molecule has 2 amide bonds. The van der Waals surface area contributed by atoms with Crippen molar-refractivity contribution in [2.24, 2.45) is 11.7 Å². The highest BCUT2D eigenvalue weighted by atomic mass is 16.2. The van der Waals surface area contributed by atoms with Gasteiger partial charge in [-0.3, -0.25) is 0 Å². The van der Waals surface area contributed by atoms with Gasteiger partial charge in [0.15, 0.2) is 0 Å². The van der Waals surface area contributed by atoms with Crippen molar-refractivity contribution in [3.05, 3.63) is 0 Å². The first kappa shape index (κ1) is 12.3. The Balaban J connectivity index is 4.30. The fourth-order valence-electron chi connectivity index (χ4n) is 1.54. The molecule has 0 saturated carbocycles. The standard InChI is InChI=1S/C10H22N2O/c1-5-9(6-2)12(10(11)13)7-8(3)4/h8-9H,5-7H2,1-4H3,(H2,11,13). The van der Waals surface area contributed by atoms with E-state index in [4.69, 9.17) is 5.73 Å². The topological polar surface area (TPSA) is 46.3 Å². The summed E-state index contributed by atoms with van der Waals surface area (Å²) in [5.74, 6) is 0.480. The summed E-state index contributed by atoms with van der Waals surface area (Å²) in [5.41, 5.74) is 5.32. The molecule has 3 nitrogen and oxygen atoms in total. The van der Waals surface area contributed by atoms with E-state index in [0.717, 1.165) is 19.4 Å². The van der Waals surface area contributed by atoms with E-state index in [0.29, 0.717) is 12.0 Å². The molecule has 0 fully saturated rings. The van der Waals surface area contributed by atoms with Crippen LogP contribution in [0.4, 0.5) is 4.79 Å². The summed E-state index contributed by atoms with van der Waals surface area (Å²) in [4.78, 5) is 12.9. The quantitative estimate of drug-likeness (QED) is 0.703. The Morgan fingerprint density at radius 3 is 2.00 bits per heavy atom. The van der Waals surface area contributed by atoms with E-state index < -0.39 is 0 Å². The molecule has 0 saturated heterocycles. The first-order valence-electron chi connectivity index (χ1n) is 5.08. The third-order valence-corrected chi connectivity index (χ3v) is 2.23. The average molecular weight is 186 g/mol. The molecule has 0 rings (SSSR count). The Kier molecular flexibility index (Phi) is 5.51. The third-order valence-electron chi connectivity index (χ3n) is 2.23. The van der Waals surface area contributed by atoms with E-state index >= 15 is 0 Å². The van der Waals surface area contributed by atoms with Gasteiger partial charge in [0.2, 0.25) is 0 Å². The summed E-state index contributed by atoms with van der Waals surface area (Å²) in [5, 5.41) is 0. The van der Waals surface area contributed by atoms with Gasteiger partial charge in [-0.2, -0.15) is 0 Å². The molecule has 0 aliphatic rings. The van der Waals surface area contributed by atoms with Crippen molar-refractivity contribution >= 4 is 6.03 Å². The van der Waals surface area contributed by atoms with Crippen LogP contribution in [0.15, 0.2) is 0 Å². The van der Waals surface area contributed by atoms with Gasteiger partial charge in [-0.15, -0.1) is 0 Å². The Hall–Kier alpha value is -0.730. The maximum Gasteiger partial charge on any atom is 0.315 e. The summed E-state index contributed by atoms with van der Waals surface area (Å²) in [6.45, 7) is 9.13. The summed E-state index contributed by atoms with van der Waals surface area (Å²) < 4.78 is 0. The van der Waals surface area contributed by atoms with Gasteiger partial charge in [0.1, 0.15) is 0 Å². The largest absolute Gasteiger partial charge is 0.351 e. The molecule has 0 aliphatic carbocycles. The first-order chi connectivity index (χ1) is 6.02. The molecule has 78 valence electrons. The van der Waals surface area contributed by atoms with E-state index in [-0.39, 0.29) is 6.03 Å². The van der Waals surface area contributed by atoms with Crippen LogP contribution in [0, 0.1) is 5.92 Å². The van der Waals surface area contributed by atoms with Crippen LogP contribution in [0.5, 0.6) is 0 Å². The van der Waals surface area contributed by atoms with Crippen molar-refractivity contribution in [1.29, 1.82) is 0 Å². The van der Waals surface area contributed by atoms with Crippen LogP contribution in [0.25, 0.3) is 0 Å². The minimum atomic E-state index is -0.289. The molecule has 0 radical (unpaired) electrons. The van der Waals surface area contributed by atoms with Crippen LogP contribution < -0.4 is 5.73 Å². The number of hydrogen-bond acceptors (Lipinski definition) is 1. The molecule has 0 bridgehead atoms. The SMILES string of the molecule is CCC(CC)N(CC(C)C)C(N)=O. The van der Waals surface area contributed by atoms with Crippen molar-refractivity contribution in [2.75, 3.05) is 6.54 Å². The third kappa shape index (κ3) is 4.15. The van der Waals surface area contributed by atoms with Crippen molar-refractivity contribution in [1.82, 2.24) is 4.90 Å². The maximum absolute atomic E-state index is 11.1. The van der Waals surface area contributed by atoms with E-state index in [1.165, 1.54) is 0 Å². The van der Waals surface area contributed by atoms with Crippen LogP contribution in [0.3, 0.4) is 0 Å². The molecule has 2 N–H and O–H groups in total. The minimum Gasteiger partial charge on any atom is -0.351 e.